The highest BCUT2D eigenvalue weighted by Crippen LogP contribution is 2.27. The molecule has 1 rings (SSSR count). The number of rotatable bonds is 7. The van der Waals surface area contributed by atoms with Gasteiger partial charge in [-0.05, 0) is 25.2 Å². The van der Waals surface area contributed by atoms with Crippen LogP contribution in [0.3, 0.4) is 0 Å². The first-order chi connectivity index (χ1) is 8.65. The highest BCUT2D eigenvalue weighted by Gasteiger charge is 2.30. The Morgan fingerprint density at radius 3 is 2.44 bits per heavy atom. The third-order valence-corrected chi connectivity index (χ3v) is 3.59. The van der Waals surface area contributed by atoms with Crippen molar-refractivity contribution in [3.05, 3.63) is 0 Å². The molecule has 0 aliphatic heterocycles. The molecule has 0 bridgehead atoms. The van der Waals surface area contributed by atoms with Crippen molar-refractivity contribution in [2.45, 2.75) is 64.8 Å². The second-order valence-electron chi connectivity index (χ2n) is 5.22. The molecule has 1 fully saturated rings. The highest BCUT2D eigenvalue weighted by atomic mass is 16.2. The van der Waals surface area contributed by atoms with E-state index >= 15 is 0 Å². The van der Waals surface area contributed by atoms with Crippen LogP contribution in [0.2, 0.25) is 0 Å². The molecule has 2 N–H and O–H groups in total. The molecule has 2 amide bonds. The van der Waals surface area contributed by atoms with Gasteiger partial charge in [-0.1, -0.05) is 32.6 Å². The van der Waals surface area contributed by atoms with Crippen molar-refractivity contribution in [2.75, 3.05) is 6.54 Å². The first-order valence-electron chi connectivity index (χ1n) is 7.20. The summed E-state index contributed by atoms with van der Waals surface area (Å²) in [5, 5.41) is 5.76. The van der Waals surface area contributed by atoms with Crippen LogP contribution < -0.4 is 10.6 Å². The van der Waals surface area contributed by atoms with Crippen LogP contribution >= 0.6 is 0 Å². The largest absolute Gasteiger partial charge is 0.354 e. The van der Waals surface area contributed by atoms with Gasteiger partial charge in [-0.3, -0.25) is 9.59 Å². The fraction of sp³-hybridized carbons (Fsp3) is 0.857. The van der Waals surface area contributed by atoms with Crippen LogP contribution in [0.25, 0.3) is 0 Å². The van der Waals surface area contributed by atoms with Crippen LogP contribution in [-0.2, 0) is 9.59 Å². The van der Waals surface area contributed by atoms with Gasteiger partial charge in [0.15, 0.2) is 0 Å². The maximum Gasteiger partial charge on any atom is 0.242 e. The highest BCUT2D eigenvalue weighted by molar-refractivity contribution is 5.87. The number of unbranched alkanes of at least 4 members (excludes halogenated alkanes) is 2. The smallest absolute Gasteiger partial charge is 0.242 e. The van der Waals surface area contributed by atoms with Gasteiger partial charge in [0, 0.05) is 13.5 Å². The molecular formula is C14H26N2O2. The van der Waals surface area contributed by atoms with E-state index in [9.17, 15) is 9.59 Å². The normalized spacial score (nSPS) is 17.4. The first-order valence-corrected chi connectivity index (χ1v) is 7.20. The Balaban J connectivity index is 2.42. The quantitative estimate of drug-likeness (QED) is 0.683. The zero-order chi connectivity index (χ0) is 13.4. The van der Waals surface area contributed by atoms with Crippen LogP contribution in [0.5, 0.6) is 0 Å². The Labute approximate surface area is 110 Å². The van der Waals surface area contributed by atoms with Crippen LogP contribution in [-0.4, -0.2) is 24.4 Å². The SMILES string of the molecule is CCCCCNC(=O)C(NC(C)=O)C1CCCC1. The standard InChI is InChI=1S/C14H26N2O2/c1-3-4-7-10-15-14(18)13(16-11(2)17)12-8-5-6-9-12/h12-13H,3-10H2,1-2H3,(H,15,18)(H,16,17). The molecule has 0 spiro atoms. The zero-order valence-electron chi connectivity index (χ0n) is 11.6. The molecule has 0 aromatic carbocycles. The predicted octanol–water partition coefficient (Wildman–Crippen LogP) is 1.99. The van der Waals surface area contributed by atoms with Crippen molar-refractivity contribution in [1.29, 1.82) is 0 Å². The van der Waals surface area contributed by atoms with E-state index in [4.69, 9.17) is 0 Å². The van der Waals surface area contributed by atoms with Crippen molar-refractivity contribution < 1.29 is 9.59 Å². The van der Waals surface area contributed by atoms with E-state index in [0.717, 1.165) is 38.6 Å². The monoisotopic (exact) mass is 254 g/mol. The van der Waals surface area contributed by atoms with Crippen LogP contribution in [0.4, 0.5) is 0 Å². The number of hydrogen-bond acceptors (Lipinski definition) is 2. The molecule has 104 valence electrons. The average Bonchev–Trinajstić information content (AvgIpc) is 2.84. The summed E-state index contributed by atoms with van der Waals surface area (Å²) >= 11 is 0. The third kappa shape index (κ3) is 5.07. The van der Waals surface area contributed by atoms with Gasteiger partial charge in [0.2, 0.25) is 11.8 Å². The Hall–Kier alpha value is -1.06. The Morgan fingerprint density at radius 1 is 1.22 bits per heavy atom. The molecule has 0 heterocycles. The van der Waals surface area contributed by atoms with E-state index in [-0.39, 0.29) is 17.9 Å². The predicted molar refractivity (Wildman–Crippen MR) is 72.1 cm³/mol. The summed E-state index contributed by atoms with van der Waals surface area (Å²) in [5.74, 6) is 0.198. The van der Waals surface area contributed by atoms with Gasteiger partial charge in [0.05, 0.1) is 0 Å². The third-order valence-electron chi connectivity index (χ3n) is 3.59. The molecule has 4 heteroatoms. The molecule has 0 radical (unpaired) electrons. The lowest BCUT2D eigenvalue weighted by Crippen LogP contribution is -2.50. The number of amides is 2. The van der Waals surface area contributed by atoms with Gasteiger partial charge in [-0.25, -0.2) is 0 Å². The van der Waals surface area contributed by atoms with E-state index in [1.807, 2.05) is 0 Å². The summed E-state index contributed by atoms with van der Waals surface area (Å²) in [7, 11) is 0. The van der Waals surface area contributed by atoms with Crippen LogP contribution in [0.15, 0.2) is 0 Å². The molecule has 0 aromatic heterocycles. The van der Waals surface area contributed by atoms with Crippen molar-refractivity contribution in [3.8, 4) is 0 Å². The summed E-state index contributed by atoms with van der Waals surface area (Å²) in [5.41, 5.74) is 0. The van der Waals surface area contributed by atoms with E-state index in [0.29, 0.717) is 5.92 Å². The van der Waals surface area contributed by atoms with E-state index in [1.165, 1.54) is 19.8 Å². The van der Waals surface area contributed by atoms with Crippen LogP contribution in [0.1, 0.15) is 58.8 Å². The number of nitrogens with one attached hydrogen (secondary N) is 2. The molecule has 1 unspecified atom stereocenters. The van der Waals surface area contributed by atoms with Crippen molar-refractivity contribution in [3.63, 3.8) is 0 Å². The zero-order valence-corrected chi connectivity index (χ0v) is 11.6. The number of carbonyl (C=O) groups excluding carboxylic acids is 2. The fourth-order valence-electron chi connectivity index (χ4n) is 2.60. The lowest BCUT2D eigenvalue weighted by atomic mass is 9.97. The molecule has 1 aliphatic rings. The maximum atomic E-state index is 12.1. The summed E-state index contributed by atoms with van der Waals surface area (Å²) in [6.07, 6.45) is 7.73. The summed E-state index contributed by atoms with van der Waals surface area (Å²) < 4.78 is 0. The Bertz CT molecular complexity index is 273. The molecule has 1 saturated carbocycles. The van der Waals surface area contributed by atoms with Gasteiger partial charge < -0.3 is 10.6 Å². The molecule has 0 saturated heterocycles. The minimum atomic E-state index is -0.327. The van der Waals surface area contributed by atoms with E-state index in [1.54, 1.807) is 0 Å². The summed E-state index contributed by atoms with van der Waals surface area (Å²) in [6, 6.07) is -0.327. The Kier molecular flexibility index (Phi) is 6.76. The van der Waals surface area contributed by atoms with Crippen LogP contribution in [0, 0.1) is 5.92 Å². The minimum Gasteiger partial charge on any atom is -0.354 e. The van der Waals surface area contributed by atoms with Gasteiger partial charge >= 0.3 is 0 Å². The molecule has 18 heavy (non-hydrogen) atoms. The maximum absolute atomic E-state index is 12.1. The lowest BCUT2D eigenvalue weighted by Gasteiger charge is -2.23. The van der Waals surface area contributed by atoms with Gasteiger partial charge in [-0.2, -0.15) is 0 Å². The van der Waals surface area contributed by atoms with Crippen molar-refractivity contribution in [1.82, 2.24) is 10.6 Å². The molecule has 1 aliphatic carbocycles. The number of carbonyl (C=O) groups is 2. The van der Waals surface area contributed by atoms with Gasteiger partial charge in [-0.15, -0.1) is 0 Å². The molecule has 0 aromatic rings. The van der Waals surface area contributed by atoms with Crippen molar-refractivity contribution in [2.24, 2.45) is 5.92 Å². The second-order valence-corrected chi connectivity index (χ2v) is 5.22. The lowest BCUT2D eigenvalue weighted by molar-refractivity contribution is -0.129. The fourth-order valence-corrected chi connectivity index (χ4v) is 2.60. The topological polar surface area (TPSA) is 58.2 Å². The van der Waals surface area contributed by atoms with E-state index in [2.05, 4.69) is 17.6 Å². The summed E-state index contributed by atoms with van der Waals surface area (Å²) in [4.78, 5) is 23.3. The molecule has 1 atom stereocenters. The molecular weight excluding hydrogens is 228 g/mol. The molecule has 4 nitrogen and oxygen atoms in total. The van der Waals surface area contributed by atoms with Gasteiger partial charge in [0.25, 0.3) is 0 Å². The van der Waals surface area contributed by atoms with Gasteiger partial charge in [0.1, 0.15) is 6.04 Å². The Morgan fingerprint density at radius 2 is 1.89 bits per heavy atom. The van der Waals surface area contributed by atoms with E-state index < -0.39 is 0 Å². The van der Waals surface area contributed by atoms with Crippen molar-refractivity contribution >= 4 is 11.8 Å². The minimum absolute atomic E-state index is 0.00629. The average molecular weight is 254 g/mol. The number of hydrogen-bond donors (Lipinski definition) is 2. The summed E-state index contributed by atoms with van der Waals surface area (Å²) in [6.45, 7) is 4.34. The second kappa shape index (κ2) is 8.11. The first kappa shape index (κ1) is 15.0.